The zero-order valence-corrected chi connectivity index (χ0v) is 11.3. The third-order valence-corrected chi connectivity index (χ3v) is 2.88. The molecule has 112 valence electrons. The number of rotatable bonds is 3. The number of pyridine rings is 1. The maximum Gasteiger partial charge on any atom is 0.417 e. The van der Waals surface area contributed by atoms with Crippen LogP contribution in [0.5, 0.6) is 11.5 Å². The summed E-state index contributed by atoms with van der Waals surface area (Å²) in [5, 5.41) is 0. The number of aromatic nitrogens is 1. The minimum atomic E-state index is -4.54. The van der Waals surface area contributed by atoms with Gasteiger partial charge in [0.25, 0.3) is 5.56 Å². The SMILES string of the molecule is COc1ccc(OC)c(-n2cc(C(F)(F)F)ccc2=O)c1. The first kappa shape index (κ1) is 15.0. The molecule has 0 radical (unpaired) electrons. The van der Waals surface area contributed by atoms with Crippen LogP contribution in [-0.2, 0) is 6.18 Å². The Labute approximate surface area is 118 Å². The third-order valence-electron chi connectivity index (χ3n) is 2.88. The monoisotopic (exact) mass is 299 g/mol. The number of methoxy groups -OCH3 is 2. The Hall–Kier alpha value is -2.44. The lowest BCUT2D eigenvalue weighted by Crippen LogP contribution is -2.20. The van der Waals surface area contributed by atoms with Crippen LogP contribution in [0.25, 0.3) is 5.69 Å². The van der Waals surface area contributed by atoms with E-state index >= 15 is 0 Å². The molecule has 2 rings (SSSR count). The molecular formula is C14H12F3NO3. The van der Waals surface area contributed by atoms with Crippen molar-refractivity contribution >= 4 is 0 Å². The largest absolute Gasteiger partial charge is 0.497 e. The fourth-order valence-electron chi connectivity index (χ4n) is 1.83. The van der Waals surface area contributed by atoms with Crippen molar-refractivity contribution < 1.29 is 22.6 Å². The van der Waals surface area contributed by atoms with Crippen LogP contribution in [0.2, 0.25) is 0 Å². The van der Waals surface area contributed by atoms with E-state index < -0.39 is 17.3 Å². The second-order valence-electron chi connectivity index (χ2n) is 4.16. The van der Waals surface area contributed by atoms with Crippen LogP contribution < -0.4 is 15.0 Å². The van der Waals surface area contributed by atoms with Crippen LogP contribution in [0.3, 0.4) is 0 Å². The van der Waals surface area contributed by atoms with Crippen LogP contribution in [0.15, 0.2) is 41.3 Å². The molecule has 1 aromatic carbocycles. The fraction of sp³-hybridized carbons (Fsp3) is 0.214. The molecule has 0 bridgehead atoms. The molecule has 21 heavy (non-hydrogen) atoms. The van der Waals surface area contributed by atoms with Gasteiger partial charge >= 0.3 is 6.18 Å². The molecule has 0 aliphatic rings. The second kappa shape index (κ2) is 5.51. The van der Waals surface area contributed by atoms with E-state index in [0.29, 0.717) is 5.75 Å². The van der Waals surface area contributed by atoms with Gasteiger partial charge in [0.1, 0.15) is 11.5 Å². The molecule has 1 aromatic heterocycles. The van der Waals surface area contributed by atoms with E-state index in [4.69, 9.17) is 9.47 Å². The molecule has 0 amide bonds. The summed E-state index contributed by atoms with van der Waals surface area (Å²) in [6, 6.07) is 6.13. The van der Waals surface area contributed by atoms with E-state index in [-0.39, 0.29) is 11.4 Å². The minimum absolute atomic E-state index is 0.174. The van der Waals surface area contributed by atoms with E-state index in [9.17, 15) is 18.0 Å². The summed E-state index contributed by atoms with van der Waals surface area (Å²) in [7, 11) is 2.78. The summed E-state index contributed by atoms with van der Waals surface area (Å²) in [6.45, 7) is 0. The van der Waals surface area contributed by atoms with Crippen molar-refractivity contribution in [3.8, 4) is 17.2 Å². The Balaban J connectivity index is 2.68. The topological polar surface area (TPSA) is 40.5 Å². The average molecular weight is 299 g/mol. The van der Waals surface area contributed by atoms with Crippen molar-refractivity contribution in [2.75, 3.05) is 14.2 Å². The molecule has 0 aliphatic carbocycles. The molecule has 0 saturated carbocycles. The van der Waals surface area contributed by atoms with Gasteiger partial charge in [-0.2, -0.15) is 13.2 Å². The lowest BCUT2D eigenvalue weighted by Gasteiger charge is -2.14. The Bertz CT molecular complexity index is 707. The Kier molecular flexibility index (Phi) is 3.93. The first-order valence-corrected chi connectivity index (χ1v) is 5.89. The van der Waals surface area contributed by atoms with Gasteiger partial charge in [-0.3, -0.25) is 9.36 Å². The standard InChI is InChI=1S/C14H12F3NO3/c1-20-10-4-5-12(21-2)11(7-10)18-8-9(14(15,16)17)3-6-13(18)19/h3-8H,1-2H3. The number of ether oxygens (including phenoxy) is 2. The number of alkyl halides is 3. The highest BCUT2D eigenvalue weighted by molar-refractivity contribution is 5.51. The lowest BCUT2D eigenvalue weighted by atomic mass is 10.2. The fourth-order valence-corrected chi connectivity index (χ4v) is 1.83. The summed E-state index contributed by atoms with van der Waals surface area (Å²) < 4.78 is 49.3. The van der Waals surface area contributed by atoms with Crippen molar-refractivity contribution in [2.24, 2.45) is 0 Å². The van der Waals surface area contributed by atoms with Crippen LogP contribution in [-0.4, -0.2) is 18.8 Å². The van der Waals surface area contributed by atoms with E-state index in [1.54, 1.807) is 6.07 Å². The molecule has 0 fully saturated rings. The minimum Gasteiger partial charge on any atom is -0.497 e. The second-order valence-corrected chi connectivity index (χ2v) is 4.16. The summed E-state index contributed by atoms with van der Waals surface area (Å²) in [6.07, 6.45) is -3.80. The molecule has 0 N–H and O–H groups in total. The highest BCUT2D eigenvalue weighted by Crippen LogP contribution is 2.31. The molecule has 0 aliphatic heterocycles. The first-order chi connectivity index (χ1) is 9.86. The van der Waals surface area contributed by atoms with E-state index in [2.05, 4.69) is 0 Å². The van der Waals surface area contributed by atoms with E-state index in [0.717, 1.165) is 22.9 Å². The molecule has 0 spiro atoms. The smallest absolute Gasteiger partial charge is 0.417 e. The summed E-state index contributed by atoms with van der Waals surface area (Å²) in [4.78, 5) is 11.9. The van der Waals surface area contributed by atoms with Gasteiger partial charge in [-0.25, -0.2) is 0 Å². The van der Waals surface area contributed by atoms with Gasteiger partial charge in [0.05, 0.1) is 25.5 Å². The highest BCUT2D eigenvalue weighted by Gasteiger charge is 2.31. The molecule has 4 nitrogen and oxygen atoms in total. The Morgan fingerprint density at radius 3 is 2.33 bits per heavy atom. The lowest BCUT2D eigenvalue weighted by molar-refractivity contribution is -0.138. The van der Waals surface area contributed by atoms with Crippen molar-refractivity contribution in [1.82, 2.24) is 4.57 Å². The number of hydrogen-bond donors (Lipinski definition) is 0. The molecule has 0 saturated heterocycles. The zero-order chi connectivity index (χ0) is 15.6. The van der Waals surface area contributed by atoms with E-state index in [1.165, 1.54) is 26.4 Å². The molecule has 0 atom stereocenters. The summed E-state index contributed by atoms with van der Waals surface area (Å²) in [5.41, 5.74) is -1.35. The van der Waals surface area contributed by atoms with Crippen LogP contribution in [0.1, 0.15) is 5.56 Å². The number of benzene rings is 1. The van der Waals surface area contributed by atoms with Gasteiger partial charge in [0.2, 0.25) is 0 Å². The molecular weight excluding hydrogens is 287 g/mol. The summed E-state index contributed by atoms with van der Waals surface area (Å²) in [5.74, 6) is 0.660. The highest BCUT2D eigenvalue weighted by atomic mass is 19.4. The molecule has 2 aromatic rings. The van der Waals surface area contributed by atoms with Crippen LogP contribution in [0.4, 0.5) is 13.2 Å². The van der Waals surface area contributed by atoms with Gasteiger partial charge < -0.3 is 9.47 Å². The molecule has 0 unspecified atom stereocenters. The number of hydrogen-bond acceptors (Lipinski definition) is 3. The normalized spacial score (nSPS) is 11.3. The quantitative estimate of drug-likeness (QED) is 0.875. The van der Waals surface area contributed by atoms with Crippen LogP contribution >= 0.6 is 0 Å². The van der Waals surface area contributed by atoms with Gasteiger partial charge in [-0.15, -0.1) is 0 Å². The molecule has 7 heteroatoms. The van der Waals surface area contributed by atoms with Gasteiger partial charge in [0.15, 0.2) is 0 Å². The third kappa shape index (κ3) is 3.01. The van der Waals surface area contributed by atoms with Crippen LogP contribution in [0, 0.1) is 0 Å². The predicted octanol–water partition coefficient (Wildman–Crippen LogP) is 2.87. The van der Waals surface area contributed by atoms with Crippen molar-refractivity contribution in [1.29, 1.82) is 0 Å². The van der Waals surface area contributed by atoms with Gasteiger partial charge in [0, 0.05) is 18.3 Å². The Morgan fingerprint density at radius 2 is 1.76 bits per heavy atom. The van der Waals surface area contributed by atoms with Crippen molar-refractivity contribution in [3.05, 3.63) is 52.4 Å². The average Bonchev–Trinajstić information content (AvgIpc) is 2.45. The maximum absolute atomic E-state index is 12.8. The zero-order valence-electron chi connectivity index (χ0n) is 11.3. The number of nitrogens with zero attached hydrogens (tertiary/aromatic N) is 1. The summed E-state index contributed by atoms with van der Waals surface area (Å²) >= 11 is 0. The van der Waals surface area contributed by atoms with Crippen molar-refractivity contribution in [3.63, 3.8) is 0 Å². The Morgan fingerprint density at radius 1 is 1.05 bits per heavy atom. The predicted molar refractivity (Wildman–Crippen MR) is 70.1 cm³/mol. The maximum atomic E-state index is 12.8. The van der Waals surface area contributed by atoms with Gasteiger partial charge in [-0.1, -0.05) is 0 Å². The van der Waals surface area contributed by atoms with Gasteiger partial charge in [-0.05, 0) is 18.2 Å². The first-order valence-electron chi connectivity index (χ1n) is 5.89. The van der Waals surface area contributed by atoms with Crippen molar-refractivity contribution in [2.45, 2.75) is 6.18 Å². The molecule has 1 heterocycles. The van der Waals surface area contributed by atoms with E-state index in [1.807, 2.05) is 0 Å². The number of halogens is 3.